The molecule has 32 heavy (non-hydrogen) atoms. The highest BCUT2D eigenvalue weighted by Gasteiger charge is 2.25. The quantitative estimate of drug-likeness (QED) is 0.613. The highest BCUT2D eigenvalue weighted by molar-refractivity contribution is 8.18. The molecule has 0 radical (unpaired) electrons. The molecule has 2 aliphatic heterocycles. The van der Waals surface area contributed by atoms with E-state index in [2.05, 4.69) is 56.3 Å². The Kier molecular flexibility index (Phi) is 5.63. The number of carbonyl (C=O) groups excluding carboxylic acids is 2. The number of imide groups is 1. The van der Waals surface area contributed by atoms with Crippen LogP contribution in [0.3, 0.4) is 0 Å². The minimum Gasteiger partial charge on any atom is -0.369 e. The topological polar surface area (TPSA) is 78.4 Å². The van der Waals surface area contributed by atoms with E-state index in [9.17, 15) is 9.59 Å². The number of nitrogens with zero attached hydrogens (tertiary/aromatic N) is 4. The molecule has 7 nitrogen and oxygen atoms in total. The Morgan fingerprint density at radius 2 is 1.91 bits per heavy atom. The van der Waals surface area contributed by atoms with Crippen molar-refractivity contribution in [1.29, 1.82) is 0 Å². The number of likely N-dealkylation sites (N-methyl/N-ethyl adjacent to an activating group) is 1. The molecule has 2 fully saturated rings. The van der Waals surface area contributed by atoms with E-state index in [1.807, 2.05) is 18.2 Å². The first kappa shape index (κ1) is 20.7. The number of carbonyl (C=O) groups is 2. The Hall–Kier alpha value is -3.23. The molecule has 0 atom stereocenters. The van der Waals surface area contributed by atoms with E-state index in [0.717, 1.165) is 72.2 Å². The predicted octanol–water partition coefficient (Wildman–Crippen LogP) is 3.76. The summed E-state index contributed by atoms with van der Waals surface area (Å²) < 4.78 is 0. The number of hydrogen-bond acceptors (Lipinski definition) is 7. The standard InChI is InChI=1S/C24H23N5O2S/c1-2-28-8-10-29(11-9-28)18-5-3-4-17(14-18)22-19-12-16(6-7-20(19)25-15-26-22)13-21-23(30)27-24(31)32-21/h3-7,12-15H,2,8-11H2,1H3,(H,27,30,31). The maximum atomic E-state index is 11.9. The molecular formula is C24H23N5O2S. The van der Waals surface area contributed by atoms with Gasteiger partial charge in [-0.15, -0.1) is 0 Å². The molecule has 1 N–H and O–H groups in total. The highest BCUT2D eigenvalue weighted by atomic mass is 32.2. The summed E-state index contributed by atoms with van der Waals surface area (Å²) in [5.41, 5.74) is 4.73. The van der Waals surface area contributed by atoms with E-state index >= 15 is 0 Å². The van der Waals surface area contributed by atoms with Gasteiger partial charge in [-0.25, -0.2) is 9.97 Å². The van der Waals surface area contributed by atoms with Gasteiger partial charge < -0.3 is 9.80 Å². The SMILES string of the molecule is CCN1CCN(c2cccc(-c3ncnc4ccc(C=C5SC(=O)NC5=O)cc34)c2)CC1. The van der Waals surface area contributed by atoms with Gasteiger partial charge in [-0.2, -0.15) is 0 Å². The Balaban J connectivity index is 1.50. The van der Waals surface area contributed by atoms with Crippen LogP contribution in [-0.2, 0) is 4.79 Å². The zero-order valence-corrected chi connectivity index (χ0v) is 18.6. The van der Waals surface area contributed by atoms with Gasteiger partial charge in [0.1, 0.15) is 6.33 Å². The summed E-state index contributed by atoms with van der Waals surface area (Å²) in [5.74, 6) is -0.361. The number of anilines is 1. The zero-order valence-electron chi connectivity index (χ0n) is 17.7. The van der Waals surface area contributed by atoms with Crippen molar-refractivity contribution in [3.63, 3.8) is 0 Å². The third-order valence-electron chi connectivity index (χ3n) is 5.90. The van der Waals surface area contributed by atoms with Crippen LogP contribution >= 0.6 is 11.8 Å². The summed E-state index contributed by atoms with van der Waals surface area (Å²) in [7, 11) is 0. The molecular weight excluding hydrogens is 422 g/mol. The second-order valence-electron chi connectivity index (χ2n) is 7.82. The number of piperazine rings is 1. The van der Waals surface area contributed by atoms with Gasteiger partial charge in [-0.3, -0.25) is 14.9 Å². The molecule has 0 unspecified atom stereocenters. The lowest BCUT2D eigenvalue weighted by Crippen LogP contribution is -2.46. The fourth-order valence-electron chi connectivity index (χ4n) is 4.14. The van der Waals surface area contributed by atoms with Gasteiger partial charge in [0.25, 0.3) is 11.1 Å². The molecule has 2 saturated heterocycles. The van der Waals surface area contributed by atoms with Gasteiger partial charge >= 0.3 is 0 Å². The van der Waals surface area contributed by atoms with Crippen LogP contribution < -0.4 is 10.2 Å². The number of amides is 2. The van der Waals surface area contributed by atoms with Gasteiger partial charge in [0.05, 0.1) is 16.1 Å². The molecule has 2 aliphatic rings. The van der Waals surface area contributed by atoms with Crippen LogP contribution in [0.1, 0.15) is 12.5 Å². The first-order valence-corrected chi connectivity index (χ1v) is 11.5. The Bertz CT molecular complexity index is 1230. The van der Waals surface area contributed by atoms with Crippen molar-refractivity contribution < 1.29 is 9.59 Å². The summed E-state index contributed by atoms with van der Waals surface area (Å²) in [6.45, 7) is 7.46. The molecule has 3 aromatic rings. The van der Waals surface area contributed by atoms with Crippen molar-refractivity contribution in [3.05, 3.63) is 59.3 Å². The molecule has 0 bridgehead atoms. The highest BCUT2D eigenvalue weighted by Crippen LogP contribution is 2.31. The monoisotopic (exact) mass is 445 g/mol. The summed E-state index contributed by atoms with van der Waals surface area (Å²) in [4.78, 5) is 37.7. The summed E-state index contributed by atoms with van der Waals surface area (Å²) in [5, 5.41) is 2.85. The molecule has 0 aliphatic carbocycles. The van der Waals surface area contributed by atoms with Crippen molar-refractivity contribution in [2.24, 2.45) is 0 Å². The number of fused-ring (bicyclic) bond motifs is 1. The minimum atomic E-state index is -0.361. The van der Waals surface area contributed by atoms with Gasteiger partial charge in [-0.05, 0) is 54.2 Å². The van der Waals surface area contributed by atoms with Crippen molar-refractivity contribution in [3.8, 4) is 11.3 Å². The number of benzene rings is 2. The number of hydrogen-bond donors (Lipinski definition) is 1. The van der Waals surface area contributed by atoms with Crippen LogP contribution in [0.15, 0.2) is 53.7 Å². The fraction of sp³-hybridized carbons (Fsp3) is 0.250. The van der Waals surface area contributed by atoms with Crippen LogP contribution in [0.5, 0.6) is 0 Å². The normalized spacial score (nSPS) is 18.5. The van der Waals surface area contributed by atoms with Crippen molar-refractivity contribution >= 4 is 45.6 Å². The lowest BCUT2D eigenvalue weighted by molar-refractivity contribution is -0.115. The van der Waals surface area contributed by atoms with Gasteiger partial charge in [-0.1, -0.05) is 25.1 Å². The molecule has 162 valence electrons. The van der Waals surface area contributed by atoms with E-state index in [1.54, 1.807) is 12.4 Å². The molecule has 8 heteroatoms. The fourth-order valence-corrected chi connectivity index (χ4v) is 4.82. The smallest absolute Gasteiger partial charge is 0.290 e. The summed E-state index contributed by atoms with van der Waals surface area (Å²) >= 11 is 0.915. The molecule has 1 aromatic heterocycles. The van der Waals surface area contributed by atoms with Gasteiger partial charge in [0.15, 0.2) is 0 Å². The number of aromatic nitrogens is 2. The Morgan fingerprint density at radius 3 is 2.66 bits per heavy atom. The van der Waals surface area contributed by atoms with Crippen LogP contribution in [0, 0.1) is 0 Å². The van der Waals surface area contributed by atoms with Crippen molar-refractivity contribution in [2.45, 2.75) is 6.92 Å². The van der Waals surface area contributed by atoms with Crippen molar-refractivity contribution in [1.82, 2.24) is 20.2 Å². The van der Waals surface area contributed by atoms with E-state index in [1.165, 1.54) is 5.69 Å². The molecule has 0 saturated carbocycles. The molecule has 3 heterocycles. The van der Waals surface area contributed by atoms with Gasteiger partial charge in [0.2, 0.25) is 0 Å². The average molecular weight is 446 g/mol. The largest absolute Gasteiger partial charge is 0.369 e. The second kappa shape index (κ2) is 8.72. The number of rotatable bonds is 4. The average Bonchev–Trinajstić information content (AvgIpc) is 3.15. The van der Waals surface area contributed by atoms with E-state index < -0.39 is 0 Å². The lowest BCUT2D eigenvalue weighted by atomic mass is 10.0. The number of thioether (sulfide) groups is 1. The van der Waals surface area contributed by atoms with E-state index in [4.69, 9.17) is 0 Å². The van der Waals surface area contributed by atoms with E-state index in [-0.39, 0.29) is 11.1 Å². The minimum absolute atomic E-state index is 0.345. The van der Waals surface area contributed by atoms with Crippen LogP contribution in [0.2, 0.25) is 0 Å². The summed E-state index contributed by atoms with van der Waals surface area (Å²) in [6, 6.07) is 14.3. The third kappa shape index (κ3) is 4.11. The summed E-state index contributed by atoms with van der Waals surface area (Å²) in [6.07, 6.45) is 3.31. The lowest BCUT2D eigenvalue weighted by Gasteiger charge is -2.35. The molecule has 2 amide bonds. The Morgan fingerprint density at radius 1 is 1.06 bits per heavy atom. The van der Waals surface area contributed by atoms with Crippen LogP contribution in [0.4, 0.5) is 10.5 Å². The molecule has 0 spiro atoms. The predicted molar refractivity (Wildman–Crippen MR) is 128 cm³/mol. The zero-order chi connectivity index (χ0) is 22.1. The number of nitrogens with one attached hydrogen (secondary N) is 1. The second-order valence-corrected chi connectivity index (χ2v) is 8.84. The third-order valence-corrected chi connectivity index (χ3v) is 6.71. The molecule has 5 rings (SSSR count). The van der Waals surface area contributed by atoms with Crippen LogP contribution in [0.25, 0.3) is 28.2 Å². The van der Waals surface area contributed by atoms with E-state index in [0.29, 0.717) is 4.91 Å². The first-order valence-electron chi connectivity index (χ1n) is 10.7. The molecule has 2 aromatic carbocycles. The Labute approximate surface area is 190 Å². The van der Waals surface area contributed by atoms with Crippen LogP contribution in [-0.4, -0.2) is 58.7 Å². The maximum absolute atomic E-state index is 11.9. The maximum Gasteiger partial charge on any atom is 0.290 e. The van der Waals surface area contributed by atoms with Crippen molar-refractivity contribution in [2.75, 3.05) is 37.6 Å². The van der Waals surface area contributed by atoms with Gasteiger partial charge in [0, 0.05) is 42.8 Å². The first-order chi connectivity index (χ1) is 15.6.